The van der Waals surface area contributed by atoms with Gasteiger partial charge in [0.25, 0.3) is 11.8 Å². The number of aryl methyl sites for hydroxylation is 1. The Morgan fingerprint density at radius 1 is 1.13 bits per heavy atom. The van der Waals surface area contributed by atoms with Crippen molar-refractivity contribution in [1.29, 1.82) is 0 Å². The highest BCUT2D eigenvalue weighted by molar-refractivity contribution is 5.98. The molecule has 1 aliphatic heterocycles. The Hall–Kier alpha value is -3.75. The Bertz CT molecular complexity index is 1130. The molecule has 1 aromatic heterocycles. The van der Waals surface area contributed by atoms with Gasteiger partial charge in [-0.25, -0.2) is 13.5 Å². The highest BCUT2D eigenvalue weighted by Crippen LogP contribution is 2.28. The van der Waals surface area contributed by atoms with Crippen LogP contribution in [0.3, 0.4) is 0 Å². The van der Waals surface area contributed by atoms with Crippen molar-refractivity contribution in [2.45, 2.75) is 26.4 Å². The fourth-order valence-corrected chi connectivity index (χ4v) is 3.45. The van der Waals surface area contributed by atoms with E-state index in [2.05, 4.69) is 16.0 Å². The van der Waals surface area contributed by atoms with Crippen LogP contribution in [-0.2, 0) is 11.2 Å². The third-order valence-corrected chi connectivity index (χ3v) is 4.90. The first-order chi connectivity index (χ1) is 14.3. The number of ether oxygens (including phenoxy) is 1. The molecule has 1 unspecified atom stereocenters. The van der Waals surface area contributed by atoms with Crippen LogP contribution in [0.25, 0.3) is 5.69 Å². The molecule has 0 saturated heterocycles. The molecule has 0 radical (unpaired) electrons. The minimum atomic E-state index is -0.807. The van der Waals surface area contributed by atoms with Crippen molar-refractivity contribution in [3.05, 3.63) is 76.6 Å². The second-order valence-electron chi connectivity index (χ2n) is 6.92. The van der Waals surface area contributed by atoms with Crippen LogP contribution in [0.5, 0.6) is 5.75 Å². The summed E-state index contributed by atoms with van der Waals surface area (Å²) in [6.45, 7) is 3.16. The van der Waals surface area contributed by atoms with Crippen LogP contribution >= 0.6 is 0 Å². The minimum Gasteiger partial charge on any atom is -0.480 e. The molecular formula is C21H18F2N4O3. The highest BCUT2D eigenvalue weighted by Gasteiger charge is 2.29. The number of rotatable bonds is 3. The molecule has 0 bridgehead atoms. The fraction of sp³-hybridized carbons (Fsp3) is 0.190. The maximum absolute atomic E-state index is 14.1. The summed E-state index contributed by atoms with van der Waals surface area (Å²) in [5, 5.41) is 4.18. The Morgan fingerprint density at radius 2 is 1.90 bits per heavy atom. The van der Waals surface area contributed by atoms with E-state index in [0.29, 0.717) is 23.6 Å². The number of fused-ring (bicyclic) bond motifs is 1. The highest BCUT2D eigenvalue weighted by atomic mass is 19.1. The van der Waals surface area contributed by atoms with Crippen molar-refractivity contribution in [1.82, 2.24) is 20.6 Å². The van der Waals surface area contributed by atoms with E-state index in [1.165, 1.54) is 10.7 Å². The van der Waals surface area contributed by atoms with Crippen LogP contribution in [0.15, 0.2) is 42.5 Å². The average Bonchev–Trinajstić information content (AvgIpc) is 3.27. The maximum Gasteiger partial charge on any atom is 0.279 e. The van der Waals surface area contributed by atoms with Crippen molar-refractivity contribution < 1.29 is 23.1 Å². The molecule has 0 spiro atoms. The van der Waals surface area contributed by atoms with E-state index in [9.17, 15) is 18.4 Å². The van der Waals surface area contributed by atoms with Crippen molar-refractivity contribution in [3.63, 3.8) is 0 Å². The van der Waals surface area contributed by atoms with Gasteiger partial charge in [-0.15, -0.1) is 0 Å². The number of aromatic nitrogens is 2. The van der Waals surface area contributed by atoms with Crippen molar-refractivity contribution in [2.75, 3.05) is 0 Å². The fourth-order valence-electron chi connectivity index (χ4n) is 3.45. The zero-order valence-corrected chi connectivity index (χ0v) is 16.2. The molecule has 1 atom stereocenters. The van der Waals surface area contributed by atoms with Gasteiger partial charge in [0.05, 0.1) is 17.0 Å². The molecule has 3 aromatic rings. The van der Waals surface area contributed by atoms with Crippen molar-refractivity contribution in [3.8, 4) is 11.4 Å². The molecule has 30 heavy (non-hydrogen) atoms. The van der Waals surface area contributed by atoms with Gasteiger partial charge in [-0.1, -0.05) is 18.2 Å². The van der Waals surface area contributed by atoms with Crippen molar-refractivity contribution in [2.24, 2.45) is 0 Å². The molecule has 9 heteroatoms. The number of nitrogens with one attached hydrogen (secondary N) is 2. The van der Waals surface area contributed by atoms with Gasteiger partial charge in [-0.05, 0) is 37.6 Å². The van der Waals surface area contributed by atoms with Crippen LogP contribution in [0.4, 0.5) is 8.78 Å². The number of benzene rings is 2. The number of hydrazine groups is 1. The molecule has 0 aliphatic carbocycles. The Balaban J connectivity index is 1.47. The first-order valence-electron chi connectivity index (χ1n) is 9.21. The molecule has 7 nitrogen and oxygen atoms in total. The summed E-state index contributed by atoms with van der Waals surface area (Å²) >= 11 is 0. The summed E-state index contributed by atoms with van der Waals surface area (Å²) in [7, 11) is 0. The van der Waals surface area contributed by atoms with Gasteiger partial charge in [0.1, 0.15) is 17.3 Å². The minimum absolute atomic E-state index is 0.0113. The van der Waals surface area contributed by atoms with E-state index in [1.54, 1.807) is 19.9 Å². The SMILES string of the molecule is Cc1nn(-c2ccc(F)cc2F)c(C)c1C(=O)NNC(=O)C1Cc2ccccc2O1. The molecule has 2 amide bonds. The smallest absolute Gasteiger partial charge is 0.279 e. The first kappa shape index (κ1) is 19.6. The summed E-state index contributed by atoms with van der Waals surface area (Å²) < 4.78 is 34.1. The third-order valence-electron chi connectivity index (χ3n) is 4.90. The Morgan fingerprint density at radius 3 is 2.63 bits per heavy atom. The van der Waals surface area contributed by atoms with Gasteiger partial charge in [0.2, 0.25) is 0 Å². The predicted octanol–water partition coefficient (Wildman–Crippen LogP) is 2.53. The van der Waals surface area contributed by atoms with E-state index in [-0.39, 0.29) is 11.3 Å². The zero-order chi connectivity index (χ0) is 21.4. The van der Waals surface area contributed by atoms with Gasteiger partial charge < -0.3 is 4.74 Å². The zero-order valence-electron chi connectivity index (χ0n) is 16.2. The molecule has 0 saturated carbocycles. The largest absolute Gasteiger partial charge is 0.480 e. The lowest BCUT2D eigenvalue weighted by molar-refractivity contribution is -0.128. The number of hydrogen-bond acceptors (Lipinski definition) is 4. The summed E-state index contributed by atoms with van der Waals surface area (Å²) in [4.78, 5) is 25.0. The van der Waals surface area contributed by atoms with Crippen LogP contribution < -0.4 is 15.6 Å². The molecule has 2 aromatic carbocycles. The molecule has 4 rings (SSSR count). The van der Waals surface area contributed by atoms with Crippen molar-refractivity contribution >= 4 is 11.8 Å². The molecule has 2 N–H and O–H groups in total. The Kier molecular flexibility index (Phi) is 4.94. The lowest BCUT2D eigenvalue weighted by atomic mass is 10.1. The summed E-state index contributed by atoms with van der Waals surface area (Å²) in [6.07, 6.45) is -0.349. The number of carbonyl (C=O) groups excluding carboxylic acids is 2. The summed E-state index contributed by atoms with van der Waals surface area (Å²) in [5.41, 5.74) is 6.47. The first-order valence-corrected chi connectivity index (χ1v) is 9.21. The van der Waals surface area contributed by atoms with E-state index in [4.69, 9.17) is 4.74 Å². The quantitative estimate of drug-likeness (QED) is 0.648. The second kappa shape index (κ2) is 7.58. The van der Waals surface area contributed by atoms with Gasteiger partial charge in [0, 0.05) is 12.5 Å². The number of halogens is 2. The standard InChI is InChI=1S/C21H18F2N4O3/c1-11-19(12(2)27(26-11)16-8-7-14(22)10-15(16)23)21(29)25-24-20(28)18-9-13-5-3-4-6-17(13)30-18/h3-8,10,18H,9H2,1-2H3,(H,24,28)(H,25,29). The molecule has 0 fully saturated rings. The number of carbonyl (C=O) groups is 2. The summed E-state index contributed by atoms with van der Waals surface area (Å²) in [5.74, 6) is -1.98. The van der Waals surface area contributed by atoms with E-state index in [0.717, 1.165) is 17.7 Å². The Labute approximate surface area is 170 Å². The van der Waals surface area contributed by atoms with Gasteiger partial charge in [-0.3, -0.25) is 20.4 Å². The van der Waals surface area contributed by atoms with Gasteiger partial charge in [0.15, 0.2) is 11.9 Å². The van der Waals surface area contributed by atoms with Crippen LogP contribution in [-0.4, -0.2) is 27.7 Å². The summed E-state index contributed by atoms with van der Waals surface area (Å²) in [6, 6.07) is 10.4. The molecule has 154 valence electrons. The van der Waals surface area contributed by atoms with Gasteiger partial charge >= 0.3 is 0 Å². The monoisotopic (exact) mass is 412 g/mol. The predicted molar refractivity (Wildman–Crippen MR) is 103 cm³/mol. The van der Waals surface area contributed by atoms with Gasteiger partial charge in [-0.2, -0.15) is 5.10 Å². The number of nitrogens with zero attached hydrogens (tertiary/aromatic N) is 2. The number of amides is 2. The lowest BCUT2D eigenvalue weighted by Gasteiger charge is -2.12. The van der Waals surface area contributed by atoms with Crippen LogP contribution in [0.2, 0.25) is 0 Å². The number of hydrogen-bond donors (Lipinski definition) is 2. The van der Waals surface area contributed by atoms with Crippen LogP contribution in [0, 0.1) is 25.5 Å². The maximum atomic E-state index is 14.1. The molecule has 1 aliphatic rings. The third kappa shape index (κ3) is 3.49. The topological polar surface area (TPSA) is 85.3 Å². The van der Waals surface area contributed by atoms with Crippen LogP contribution in [0.1, 0.15) is 27.3 Å². The van der Waals surface area contributed by atoms with E-state index in [1.807, 2.05) is 18.2 Å². The number of para-hydroxylation sites is 1. The lowest BCUT2D eigenvalue weighted by Crippen LogP contribution is -2.48. The molecule has 2 heterocycles. The molecular weight excluding hydrogens is 394 g/mol. The normalized spacial score (nSPS) is 14.7. The second-order valence-corrected chi connectivity index (χ2v) is 6.92. The van der Waals surface area contributed by atoms with E-state index < -0.39 is 29.6 Å². The average molecular weight is 412 g/mol. The van der Waals surface area contributed by atoms with E-state index >= 15 is 0 Å².